The highest BCUT2D eigenvalue weighted by molar-refractivity contribution is 7.22. The van der Waals surface area contributed by atoms with Crippen LogP contribution in [0.15, 0.2) is 36.4 Å². The molecule has 3 aromatic rings. The van der Waals surface area contributed by atoms with Gasteiger partial charge in [0.1, 0.15) is 22.0 Å². The maximum atomic E-state index is 12.0. The number of aromatic nitrogens is 1. The number of methoxy groups -OCH3 is 2. The lowest BCUT2D eigenvalue weighted by Gasteiger charge is -2.09. The van der Waals surface area contributed by atoms with Crippen molar-refractivity contribution in [2.75, 3.05) is 14.2 Å². The molecule has 1 heterocycles. The van der Waals surface area contributed by atoms with Crippen LogP contribution in [0.1, 0.15) is 17.3 Å². The summed E-state index contributed by atoms with van der Waals surface area (Å²) in [5.74, 6) is 1.07. The monoisotopic (exact) mass is 313 g/mol. The summed E-state index contributed by atoms with van der Waals surface area (Å²) in [5.41, 5.74) is 2.26. The highest BCUT2D eigenvalue weighted by atomic mass is 32.1. The summed E-state index contributed by atoms with van der Waals surface area (Å²) in [6.07, 6.45) is 0. The summed E-state index contributed by atoms with van der Waals surface area (Å²) in [6.45, 7) is 1.53. The van der Waals surface area contributed by atoms with E-state index in [9.17, 15) is 4.79 Å². The van der Waals surface area contributed by atoms with Gasteiger partial charge >= 0.3 is 0 Å². The molecule has 0 saturated heterocycles. The van der Waals surface area contributed by atoms with Crippen molar-refractivity contribution >= 4 is 27.3 Å². The number of nitrogens with zero attached hydrogens (tertiary/aromatic N) is 1. The molecule has 0 aliphatic heterocycles. The maximum absolute atomic E-state index is 12.0. The van der Waals surface area contributed by atoms with E-state index in [2.05, 4.69) is 4.98 Å². The van der Waals surface area contributed by atoms with Gasteiger partial charge in [-0.1, -0.05) is 30.3 Å². The van der Waals surface area contributed by atoms with E-state index in [0.29, 0.717) is 22.6 Å². The molecule has 0 unspecified atom stereocenters. The maximum Gasteiger partial charge on any atom is 0.165 e. The molecule has 0 aliphatic rings. The summed E-state index contributed by atoms with van der Waals surface area (Å²) >= 11 is 1.47. The van der Waals surface area contributed by atoms with Gasteiger partial charge in [0.15, 0.2) is 5.78 Å². The van der Waals surface area contributed by atoms with Crippen molar-refractivity contribution in [3.63, 3.8) is 0 Å². The number of hydrogen-bond donors (Lipinski definition) is 0. The van der Waals surface area contributed by atoms with Gasteiger partial charge in [0, 0.05) is 11.6 Å². The molecular weight excluding hydrogens is 298 g/mol. The van der Waals surface area contributed by atoms with Crippen molar-refractivity contribution in [1.29, 1.82) is 0 Å². The van der Waals surface area contributed by atoms with Crippen LogP contribution >= 0.6 is 11.3 Å². The molecule has 0 spiro atoms. The highest BCUT2D eigenvalue weighted by Gasteiger charge is 2.21. The topological polar surface area (TPSA) is 48.4 Å². The molecule has 2 aromatic carbocycles. The van der Waals surface area contributed by atoms with E-state index in [1.165, 1.54) is 18.3 Å². The molecule has 22 heavy (non-hydrogen) atoms. The summed E-state index contributed by atoms with van der Waals surface area (Å²) in [6, 6.07) is 11.6. The number of thiazole rings is 1. The largest absolute Gasteiger partial charge is 0.496 e. The van der Waals surface area contributed by atoms with Gasteiger partial charge in [-0.15, -0.1) is 11.3 Å². The van der Waals surface area contributed by atoms with Gasteiger partial charge in [-0.05, 0) is 6.92 Å². The Morgan fingerprint density at radius 3 is 2.36 bits per heavy atom. The zero-order valence-electron chi connectivity index (χ0n) is 12.5. The van der Waals surface area contributed by atoms with Crippen LogP contribution in [0.5, 0.6) is 11.5 Å². The second-order valence-corrected chi connectivity index (χ2v) is 5.77. The van der Waals surface area contributed by atoms with Gasteiger partial charge in [0.05, 0.1) is 24.5 Å². The molecular formula is C17H15NO3S. The summed E-state index contributed by atoms with van der Waals surface area (Å²) < 4.78 is 11.6. The summed E-state index contributed by atoms with van der Waals surface area (Å²) in [7, 11) is 3.13. The number of fused-ring (bicyclic) bond motifs is 1. The van der Waals surface area contributed by atoms with Crippen molar-refractivity contribution in [3.05, 3.63) is 42.0 Å². The smallest absolute Gasteiger partial charge is 0.165 e. The SMILES string of the molecule is COc1cc(OC)c2nc(-c3ccccc3)sc2c1C(C)=O. The van der Waals surface area contributed by atoms with Crippen LogP contribution in [0.2, 0.25) is 0 Å². The average Bonchev–Trinajstić information content (AvgIpc) is 2.98. The van der Waals surface area contributed by atoms with Crippen LogP contribution < -0.4 is 9.47 Å². The Labute approximate surface area is 132 Å². The van der Waals surface area contributed by atoms with Gasteiger partial charge in [-0.25, -0.2) is 4.98 Å². The molecule has 3 rings (SSSR count). The molecule has 0 bridgehead atoms. The highest BCUT2D eigenvalue weighted by Crippen LogP contribution is 2.41. The van der Waals surface area contributed by atoms with Crippen molar-refractivity contribution in [3.8, 4) is 22.1 Å². The van der Waals surface area contributed by atoms with Crippen LogP contribution in [0, 0.1) is 0 Å². The predicted molar refractivity (Wildman–Crippen MR) is 88.2 cm³/mol. The van der Waals surface area contributed by atoms with Crippen LogP contribution in [0.25, 0.3) is 20.8 Å². The Kier molecular flexibility index (Phi) is 3.81. The first kappa shape index (κ1) is 14.5. The lowest BCUT2D eigenvalue weighted by atomic mass is 10.1. The first-order chi connectivity index (χ1) is 10.7. The minimum absolute atomic E-state index is 0.0484. The first-order valence-corrected chi connectivity index (χ1v) is 7.59. The Bertz CT molecular complexity index is 840. The molecule has 1 aromatic heterocycles. The lowest BCUT2D eigenvalue weighted by molar-refractivity contribution is 0.101. The predicted octanol–water partition coefficient (Wildman–Crippen LogP) is 4.18. The van der Waals surface area contributed by atoms with Gasteiger partial charge in [-0.2, -0.15) is 0 Å². The molecule has 0 atom stereocenters. The lowest BCUT2D eigenvalue weighted by Crippen LogP contribution is -1.99. The van der Waals surface area contributed by atoms with E-state index in [1.807, 2.05) is 30.3 Å². The third-order valence-electron chi connectivity index (χ3n) is 3.41. The molecule has 0 radical (unpaired) electrons. The Hall–Kier alpha value is -2.40. The number of carbonyl (C=O) groups is 1. The van der Waals surface area contributed by atoms with Crippen molar-refractivity contribution < 1.29 is 14.3 Å². The van der Waals surface area contributed by atoms with Gasteiger partial charge < -0.3 is 9.47 Å². The fourth-order valence-electron chi connectivity index (χ4n) is 2.38. The second-order valence-electron chi connectivity index (χ2n) is 4.78. The number of benzene rings is 2. The van der Waals surface area contributed by atoms with E-state index in [4.69, 9.17) is 9.47 Å². The van der Waals surface area contributed by atoms with E-state index in [0.717, 1.165) is 15.3 Å². The van der Waals surface area contributed by atoms with Crippen LogP contribution in [0.3, 0.4) is 0 Å². The number of hydrogen-bond acceptors (Lipinski definition) is 5. The van der Waals surface area contributed by atoms with Crippen LogP contribution in [-0.4, -0.2) is 25.0 Å². The second kappa shape index (κ2) is 5.77. The quantitative estimate of drug-likeness (QED) is 0.678. The number of ketones is 1. The Balaban J connectivity index is 2.34. The number of carbonyl (C=O) groups excluding carboxylic acids is 1. The van der Waals surface area contributed by atoms with Gasteiger partial charge in [0.2, 0.25) is 0 Å². The van der Waals surface area contributed by atoms with Crippen molar-refractivity contribution in [1.82, 2.24) is 4.98 Å². The Morgan fingerprint density at radius 2 is 1.77 bits per heavy atom. The van der Waals surface area contributed by atoms with Gasteiger partial charge in [-0.3, -0.25) is 4.79 Å². The Morgan fingerprint density at radius 1 is 1.09 bits per heavy atom. The normalized spacial score (nSPS) is 10.7. The fraction of sp³-hybridized carbons (Fsp3) is 0.176. The minimum Gasteiger partial charge on any atom is -0.496 e. The minimum atomic E-state index is -0.0484. The fourth-order valence-corrected chi connectivity index (χ4v) is 3.56. The molecule has 5 heteroatoms. The van der Waals surface area contributed by atoms with Crippen LogP contribution in [-0.2, 0) is 0 Å². The third-order valence-corrected chi connectivity index (χ3v) is 4.53. The van der Waals surface area contributed by atoms with E-state index in [-0.39, 0.29) is 5.78 Å². The molecule has 0 fully saturated rings. The molecule has 0 amide bonds. The molecule has 0 aliphatic carbocycles. The molecule has 112 valence electrons. The standard InChI is InChI=1S/C17H15NO3S/c1-10(19)14-12(20-2)9-13(21-3)15-16(14)22-17(18-15)11-7-5-4-6-8-11/h4-9H,1-3H3. The number of rotatable bonds is 4. The number of ether oxygens (including phenoxy) is 2. The van der Waals surface area contributed by atoms with Crippen LogP contribution in [0.4, 0.5) is 0 Å². The average molecular weight is 313 g/mol. The van der Waals surface area contributed by atoms with E-state index >= 15 is 0 Å². The zero-order chi connectivity index (χ0) is 15.7. The zero-order valence-corrected chi connectivity index (χ0v) is 13.4. The first-order valence-electron chi connectivity index (χ1n) is 6.77. The molecule has 0 N–H and O–H groups in total. The van der Waals surface area contributed by atoms with E-state index < -0.39 is 0 Å². The van der Waals surface area contributed by atoms with Crippen molar-refractivity contribution in [2.24, 2.45) is 0 Å². The summed E-state index contributed by atoms with van der Waals surface area (Å²) in [5, 5.41) is 0.852. The van der Waals surface area contributed by atoms with E-state index in [1.54, 1.807) is 20.3 Å². The van der Waals surface area contributed by atoms with Crippen molar-refractivity contribution in [2.45, 2.75) is 6.92 Å². The number of Topliss-reactive ketones (excluding diaryl/α,β-unsaturated/α-hetero) is 1. The van der Waals surface area contributed by atoms with Gasteiger partial charge in [0.25, 0.3) is 0 Å². The molecule has 0 saturated carbocycles. The molecule has 4 nitrogen and oxygen atoms in total. The summed E-state index contributed by atoms with van der Waals surface area (Å²) in [4.78, 5) is 16.7. The third kappa shape index (κ3) is 2.33.